The van der Waals surface area contributed by atoms with Crippen molar-refractivity contribution in [2.75, 3.05) is 13.2 Å². The van der Waals surface area contributed by atoms with Crippen LogP contribution in [-0.2, 0) is 18.3 Å². The number of aryl methyl sites for hydroxylation is 1. The lowest BCUT2D eigenvalue weighted by atomic mass is 9.98. The van der Waals surface area contributed by atoms with Crippen LogP contribution in [0.2, 0.25) is 0 Å². The van der Waals surface area contributed by atoms with Gasteiger partial charge in [0.25, 0.3) is 0 Å². The van der Waals surface area contributed by atoms with Crippen molar-refractivity contribution in [3.8, 4) is 0 Å². The van der Waals surface area contributed by atoms with Crippen LogP contribution >= 0.6 is 24.0 Å². The van der Waals surface area contributed by atoms with Gasteiger partial charge in [0.1, 0.15) is 12.4 Å². The molecule has 0 bridgehead atoms. The van der Waals surface area contributed by atoms with Gasteiger partial charge in [-0.2, -0.15) is 0 Å². The number of rotatable bonds is 9. The minimum atomic E-state index is 0. The molecule has 8 heteroatoms. The lowest BCUT2D eigenvalue weighted by molar-refractivity contribution is 0.0277. The topological polar surface area (TPSA) is 76.4 Å². The van der Waals surface area contributed by atoms with E-state index in [9.17, 15) is 0 Å². The van der Waals surface area contributed by atoms with Gasteiger partial charge in [-0.1, -0.05) is 49.6 Å². The summed E-state index contributed by atoms with van der Waals surface area (Å²) in [6, 6.07) is 10.5. The predicted molar refractivity (Wildman–Crippen MR) is 136 cm³/mol. The highest BCUT2D eigenvalue weighted by Gasteiger charge is 2.13. The van der Waals surface area contributed by atoms with Gasteiger partial charge in [0.05, 0.1) is 12.1 Å². The van der Waals surface area contributed by atoms with Crippen LogP contribution in [0.4, 0.5) is 0 Å². The molecule has 1 fully saturated rings. The van der Waals surface area contributed by atoms with Gasteiger partial charge in [-0.3, -0.25) is 0 Å². The van der Waals surface area contributed by atoms with E-state index in [1.54, 1.807) is 0 Å². The summed E-state index contributed by atoms with van der Waals surface area (Å²) in [6.07, 6.45) is 7.82. The van der Waals surface area contributed by atoms with E-state index in [4.69, 9.17) is 9.73 Å². The van der Waals surface area contributed by atoms with Gasteiger partial charge in [-0.25, -0.2) is 4.99 Å². The Labute approximate surface area is 203 Å². The Morgan fingerprint density at radius 2 is 1.94 bits per heavy atom. The largest absolute Gasteiger partial charge is 0.378 e. The van der Waals surface area contributed by atoms with E-state index in [0.717, 1.165) is 37.2 Å². The number of halogens is 1. The molecule has 1 aliphatic rings. The van der Waals surface area contributed by atoms with Gasteiger partial charge in [-0.15, -0.1) is 34.2 Å². The maximum atomic E-state index is 6.04. The maximum Gasteiger partial charge on any atom is 0.192 e. The monoisotopic (exact) mass is 540 g/mol. The summed E-state index contributed by atoms with van der Waals surface area (Å²) in [7, 11) is 1.97. The van der Waals surface area contributed by atoms with Crippen LogP contribution in [0.1, 0.15) is 68.7 Å². The fraction of sp³-hybridized carbons (Fsp3) is 0.609. The number of aromatic nitrogens is 3. The molecule has 172 valence electrons. The van der Waals surface area contributed by atoms with Crippen LogP contribution in [0.3, 0.4) is 0 Å². The van der Waals surface area contributed by atoms with Crippen molar-refractivity contribution in [1.82, 2.24) is 25.4 Å². The van der Waals surface area contributed by atoms with E-state index in [1.807, 2.05) is 24.6 Å². The number of aliphatic imine (C=N–C) groups is 1. The summed E-state index contributed by atoms with van der Waals surface area (Å²) in [6.45, 7) is 6.18. The van der Waals surface area contributed by atoms with Crippen molar-refractivity contribution in [2.24, 2.45) is 12.0 Å². The van der Waals surface area contributed by atoms with Gasteiger partial charge in [-0.05, 0) is 38.7 Å². The Hall–Kier alpha value is -1.68. The second-order valence-electron chi connectivity index (χ2n) is 8.08. The van der Waals surface area contributed by atoms with Gasteiger partial charge in [0.2, 0.25) is 0 Å². The van der Waals surface area contributed by atoms with Crippen LogP contribution in [0.15, 0.2) is 35.3 Å². The van der Waals surface area contributed by atoms with E-state index in [1.165, 1.54) is 37.7 Å². The standard InChI is InChI=1S/C23H36N6O.HI/c1-18(20-11-6-4-7-12-20)26-23(25-17-22-28-27-19(2)29(22)3)24-15-10-16-30-21-13-8-5-9-14-21;/h4,6-7,11-12,18,21H,5,8-10,13-17H2,1-3H3,(H2,24,25,26);1H. The minimum absolute atomic E-state index is 0. The van der Waals surface area contributed by atoms with E-state index < -0.39 is 0 Å². The Morgan fingerprint density at radius 1 is 1.19 bits per heavy atom. The fourth-order valence-corrected chi connectivity index (χ4v) is 3.68. The van der Waals surface area contributed by atoms with E-state index >= 15 is 0 Å². The molecule has 0 aliphatic heterocycles. The number of nitrogens with zero attached hydrogens (tertiary/aromatic N) is 4. The SMILES string of the molecule is Cc1nnc(CN=C(NCCCOC2CCCCC2)NC(C)c2ccccc2)n1C.I. The zero-order valence-electron chi connectivity index (χ0n) is 19.0. The molecule has 31 heavy (non-hydrogen) atoms. The number of ether oxygens (including phenoxy) is 1. The van der Waals surface area contributed by atoms with Crippen molar-refractivity contribution in [3.05, 3.63) is 47.5 Å². The summed E-state index contributed by atoms with van der Waals surface area (Å²) in [5.74, 6) is 2.52. The quantitative estimate of drug-likeness (QED) is 0.215. The third-order valence-electron chi connectivity index (χ3n) is 5.73. The molecule has 1 aliphatic carbocycles. The van der Waals surface area contributed by atoms with Crippen LogP contribution in [-0.4, -0.2) is 40.0 Å². The van der Waals surface area contributed by atoms with Crippen molar-refractivity contribution in [2.45, 2.75) is 71.1 Å². The molecule has 0 amide bonds. The lowest BCUT2D eigenvalue weighted by Crippen LogP contribution is -2.39. The molecule has 0 radical (unpaired) electrons. The zero-order valence-corrected chi connectivity index (χ0v) is 21.3. The van der Waals surface area contributed by atoms with Gasteiger partial charge in [0, 0.05) is 20.2 Å². The van der Waals surface area contributed by atoms with E-state index in [2.05, 4.69) is 52.0 Å². The molecule has 0 saturated heterocycles. The summed E-state index contributed by atoms with van der Waals surface area (Å²) < 4.78 is 8.01. The first-order chi connectivity index (χ1) is 14.6. The molecule has 1 unspecified atom stereocenters. The third kappa shape index (κ3) is 8.40. The average molecular weight is 540 g/mol. The first-order valence-corrected chi connectivity index (χ1v) is 11.2. The molecule has 3 rings (SSSR count). The first kappa shape index (κ1) is 25.6. The Morgan fingerprint density at radius 3 is 2.61 bits per heavy atom. The lowest BCUT2D eigenvalue weighted by Gasteiger charge is -2.22. The zero-order chi connectivity index (χ0) is 21.2. The highest BCUT2D eigenvalue weighted by molar-refractivity contribution is 14.0. The number of nitrogens with one attached hydrogen (secondary N) is 2. The molecular formula is C23H37IN6O. The predicted octanol–water partition coefficient (Wildman–Crippen LogP) is 4.28. The normalized spacial score (nSPS) is 15.9. The third-order valence-corrected chi connectivity index (χ3v) is 5.73. The smallest absolute Gasteiger partial charge is 0.192 e. The number of hydrogen-bond acceptors (Lipinski definition) is 4. The fourth-order valence-electron chi connectivity index (χ4n) is 3.68. The molecule has 1 atom stereocenters. The molecule has 1 heterocycles. The van der Waals surface area contributed by atoms with Gasteiger partial charge >= 0.3 is 0 Å². The van der Waals surface area contributed by atoms with E-state index in [-0.39, 0.29) is 30.0 Å². The Bertz CT molecular complexity index is 789. The van der Waals surface area contributed by atoms with Crippen molar-refractivity contribution in [1.29, 1.82) is 0 Å². The average Bonchev–Trinajstić information content (AvgIpc) is 3.10. The second kappa shape index (κ2) is 13.7. The van der Waals surface area contributed by atoms with Crippen LogP contribution in [0.5, 0.6) is 0 Å². The van der Waals surface area contributed by atoms with Crippen molar-refractivity contribution >= 4 is 29.9 Å². The molecule has 1 aromatic heterocycles. The van der Waals surface area contributed by atoms with Crippen LogP contribution in [0, 0.1) is 6.92 Å². The number of guanidine groups is 1. The molecule has 2 N–H and O–H groups in total. The summed E-state index contributed by atoms with van der Waals surface area (Å²) in [4.78, 5) is 4.75. The molecule has 0 spiro atoms. The van der Waals surface area contributed by atoms with Crippen molar-refractivity contribution in [3.63, 3.8) is 0 Å². The summed E-state index contributed by atoms with van der Waals surface area (Å²) >= 11 is 0. The minimum Gasteiger partial charge on any atom is -0.378 e. The molecule has 1 aromatic carbocycles. The van der Waals surface area contributed by atoms with Gasteiger partial charge in [0.15, 0.2) is 11.8 Å². The highest BCUT2D eigenvalue weighted by Crippen LogP contribution is 2.20. The van der Waals surface area contributed by atoms with Crippen molar-refractivity contribution < 1.29 is 4.74 Å². The highest BCUT2D eigenvalue weighted by atomic mass is 127. The molecule has 1 saturated carbocycles. The van der Waals surface area contributed by atoms with Gasteiger partial charge < -0.3 is 19.9 Å². The Balaban J connectivity index is 0.00000341. The number of hydrogen-bond donors (Lipinski definition) is 2. The summed E-state index contributed by atoms with van der Waals surface area (Å²) in [5.41, 5.74) is 1.22. The number of benzene rings is 1. The molecule has 2 aromatic rings. The Kier molecular flexibility index (Phi) is 11.3. The summed E-state index contributed by atoms with van der Waals surface area (Å²) in [5, 5.41) is 15.3. The maximum absolute atomic E-state index is 6.04. The van der Waals surface area contributed by atoms with Crippen LogP contribution < -0.4 is 10.6 Å². The van der Waals surface area contributed by atoms with E-state index in [0.29, 0.717) is 12.6 Å². The molecule has 7 nitrogen and oxygen atoms in total. The second-order valence-corrected chi connectivity index (χ2v) is 8.08. The molecular weight excluding hydrogens is 503 g/mol. The first-order valence-electron chi connectivity index (χ1n) is 11.2. The van der Waals surface area contributed by atoms with Crippen LogP contribution in [0.25, 0.3) is 0 Å².